The smallest absolute Gasteiger partial charge is 0.321 e. The van der Waals surface area contributed by atoms with Crippen molar-refractivity contribution < 1.29 is 18.3 Å². The number of fused-ring (bicyclic) bond motifs is 1. The number of rotatable bonds is 1. The molecule has 0 aromatic carbocycles. The van der Waals surface area contributed by atoms with Crippen LogP contribution in [0.25, 0.3) is 0 Å². The third-order valence-corrected chi connectivity index (χ3v) is 6.34. The highest BCUT2D eigenvalue weighted by atomic mass is 32.2. The molecule has 0 aromatic heterocycles. The molecule has 1 heterocycles. The minimum absolute atomic E-state index is 0.107. The Balaban J connectivity index is 2.29. The van der Waals surface area contributed by atoms with Crippen molar-refractivity contribution in [2.45, 2.75) is 44.0 Å². The molecule has 98 valence electrons. The number of aliphatic carboxylic acids is 1. The summed E-state index contributed by atoms with van der Waals surface area (Å²) < 4.78 is 24.3. The van der Waals surface area contributed by atoms with Crippen molar-refractivity contribution in [1.82, 2.24) is 5.32 Å². The fraction of sp³-hybridized carbons (Fsp3) is 0.909. The minimum Gasteiger partial charge on any atom is -0.480 e. The van der Waals surface area contributed by atoms with Gasteiger partial charge in [-0.3, -0.25) is 10.1 Å². The number of hydrogen-bond acceptors (Lipinski definition) is 4. The van der Waals surface area contributed by atoms with Gasteiger partial charge >= 0.3 is 5.97 Å². The van der Waals surface area contributed by atoms with Gasteiger partial charge in [0.1, 0.15) is 6.04 Å². The fourth-order valence-electron chi connectivity index (χ4n) is 3.39. The molecule has 0 bridgehead atoms. The Morgan fingerprint density at radius 2 is 1.94 bits per heavy atom. The first-order chi connectivity index (χ1) is 7.81. The monoisotopic (exact) mass is 261 g/mol. The van der Waals surface area contributed by atoms with Crippen LogP contribution >= 0.6 is 0 Å². The van der Waals surface area contributed by atoms with Gasteiger partial charge in [0.25, 0.3) is 0 Å². The molecule has 0 aromatic rings. The summed E-state index contributed by atoms with van der Waals surface area (Å²) in [6.45, 7) is 4.04. The van der Waals surface area contributed by atoms with Gasteiger partial charge in [-0.25, -0.2) is 8.42 Å². The van der Waals surface area contributed by atoms with Crippen LogP contribution in [0.4, 0.5) is 0 Å². The lowest BCUT2D eigenvalue weighted by atomic mass is 9.79. The van der Waals surface area contributed by atoms with Gasteiger partial charge in [0.15, 0.2) is 9.84 Å². The van der Waals surface area contributed by atoms with Gasteiger partial charge in [-0.2, -0.15) is 0 Å². The zero-order valence-corrected chi connectivity index (χ0v) is 10.9. The summed E-state index contributed by atoms with van der Waals surface area (Å²) >= 11 is 0. The zero-order chi connectivity index (χ0) is 12.8. The van der Waals surface area contributed by atoms with E-state index in [4.69, 9.17) is 5.11 Å². The Morgan fingerprint density at radius 1 is 1.29 bits per heavy atom. The highest BCUT2D eigenvalue weighted by molar-refractivity contribution is 7.92. The summed E-state index contributed by atoms with van der Waals surface area (Å²) in [5.74, 6) is -0.794. The van der Waals surface area contributed by atoms with Crippen LogP contribution < -0.4 is 5.32 Å². The Hall–Kier alpha value is -0.620. The van der Waals surface area contributed by atoms with E-state index in [1.807, 2.05) is 6.92 Å². The summed E-state index contributed by atoms with van der Waals surface area (Å²) in [7, 11) is -3.29. The number of carboxylic acid groups (broad SMARTS) is 1. The maximum Gasteiger partial charge on any atom is 0.321 e. The van der Waals surface area contributed by atoms with E-state index >= 15 is 0 Å². The molecule has 0 radical (unpaired) electrons. The molecule has 17 heavy (non-hydrogen) atoms. The quantitative estimate of drug-likeness (QED) is 0.707. The van der Waals surface area contributed by atoms with Gasteiger partial charge in [-0.15, -0.1) is 0 Å². The number of nitrogens with one attached hydrogen (secondary N) is 1. The highest BCUT2D eigenvalue weighted by Crippen LogP contribution is 2.36. The number of sulfone groups is 1. The summed E-state index contributed by atoms with van der Waals surface area (Å²) in [6, 6.07) is -1.15. The molecule has 1 aliphatic carbocycles. The van der Waals surface area contributed by atoms with Crippen molar-refractivity contribution in [2.24, 2.45) is 11.8 Å². The number of hydrogen-bond donors (Lipinski definition) is 2. The summed E-state index contributed by atoms with van der Waals surface area (Å²) in [4.78, 5) is 11.0. The molecule has 2 aliphatic rings. The molecule has 5 atom stereocenters. The van der Waals surface area contributed by atoms with E-state index in [9.17, 15) is 13.2 Å². The van der Waals surface area contributed by atoms with Crippen molar-refractivity contribution in [2.75, 3.05) is 5.75 Å². The lowest BCUT2D eigenvalue weighted by Gasteiger charge is -2.44. The van der Waals surface area contributed by atoms with Crippen molar-refractivity contribution >= 4 is 15.8 Å². The Morgan fingerprint density at radius 3 is 2.53 bits per heavy atom. The molecular formula is C11H19NO4S. The highest BCUT2D eigenvalue weighted by Gasteiger charge is 2.48. The van der Waals surface area contributed by atoms with E-state index in [0.717, 1.165) is 12.8 Å². The largest absolute Gasteiger partial charge is 0.480 e. The molecule has 2 rings (SSSR count). The minimum atomic E-state index is -3.29. The van der Waals surface area contributed by atoms with Crippen LogP contribution in [0.5, 0.6) is 0 Å². The van der Waals surface area contributed by atoms with E-state index < -0.39 is 27.1 Å². The molecule has 2 N–H and O–H groups in total. The van der Waals surface area contributed by atoms with E-state index in [1.165, 1.54) is 0 Å². The zero-order valence-electron chi connectivity index (χ0n) is 10.1. The summed E-state index contributed by atoms with van der Waals surface area (Å²) in [5.41, 5.74) is 0. The summed E-state index contributed by atoms with van der Waals surface area (Å²) in [5, 5.41) is 11.6. The average molecular weight is 261 g/mol. The molecule has 5 nitrogen and oxygen atoms in total. The molecule has 1 saturated carbocycles. The number of carbonyl (C=O) groups is 1. The predicted octanol–water partition coefficient (Wildman–Crippen LogP) is 0.261. The van der Waals surface area contributed by atoms with Gasteiger partial charge in [0.2, 0.25) is 0 Å². The van der Waals surface area contributed by atoms with Crippen molar-refractivity contribution in [3.8, 4) is 0 Å². The molecule has 2 fully saturated rings. The average Bonchev–Trinajstić information content (AvgIpc) is 2.13. The van der Waals surface area contributed by atoms with Crippen LogP contribution in [0.1, 0.15) is 26.7 Å². The van der Waals surface area contributed by atoms with E-state index in [-0.39, 0.29) is 17.7 Å². The van der Waals surface area contributed by atoms with Crippen molar-refractivity contribution in [3.63, 3.8) is 0 Å². The first-order valence-corrected chi connectivity index (χ1v) is 7.73. The lowest BCUT2D eigenvalue weighted by molar-refractivity contribution is -0.139. The molecule has 1 saturated heterocycles. The maximum atomic E-state index is 12.1. The standard InChI is InChI=1S/C11H19NO4S/c1-6-3-7(2)10-8(4-6)12-9(11(13)14)5-17(10,15)16/h6-10,12H,3-5H2,1-2H3,(H,13,14). The van der Waals surface area contributed by atoms with E-state index in [1.54, 1.807) is 0 Å². The Labute approximate surface area is 102 Å². The van der Waals surface area contributed by atoms with Crippen LogP contribution in [-0.2, 0) is 14.6 Å². The molecule has 0 amide bonds. The normalized spacial score (nSPS) is 44.9. The predicted molar refractivity (Wildman–Crippen MR) is 63.5 cm³/mol. The third-order valence-electron chi connectivity index (χ3n) is 3.91. The molecule has 1 aliphatic heterocycles. The second-order valence-electron chi connectivity index (χ2n) is 5.51. The van der Waals surface area contributed by atoms with Gasteiger partial charge in [-0.1, -0.05) is 13.8 Å². The molecular weight excluding hydrogens is 242 g/mol. The van der Waals surface area contributed by atoms with Gasteiger partial charge in [0, 0.05) is 6.04 Å². The SMILES string of the molecule is CC1CC(C)C2C(C1)NC(C(=O)O)CS2(=O)=O. The van der Waals surface area contributed by atoms with Crippen molar-refractivity contribution in [3.05, 3.63) is 0 Å². The Kier molecular flexibility index (Phi) is 3.20. The fourth-order valence-corrected chi connectivity index (χ4v) is 5.82. The molecule has 5 unspecified atom stereocenters. The van der Waals surface area contributed by atoms with Crippen molar-refractivity contribution in [1.29, 1.82) is 0 Å². The number of carboxylic acids is 1. The van der Waals surface area contributed by atoms with Gasteiger partial charge < -0.3 is 5.11 Å². The van der Waals surface area contributed by atoms with Crippen LogP contribution in [-0.4, -0.2) is 42.6 Å². The maximum absolute atomic E-state index is 12.1. The van der Waals surface area contributed by atoms with Gasteiger partial charge in [-0.05, 0) is 24.7 Å². The van der Waals surface area contributed by atoms with Crippen LogP contribution in [0, 0.1) is 11.8 Å². The third kappa shape index (κ3) is 2.33. The second kappa shape index (κ2) is 4.24. The topological polar surface area (TPSA) is 83.5 Å². The second-order valence-corrected chi connectivity index (χ2v) is 7.72. The van der Waals surface area contributed by atoms with Gasteiger partial charge in [0.05, 0.1) is 11.0 Å². The van der Waals surface area contributed by atoms with Crippen LogP contribution in [0.15, 0.2) is 0 Å². The molecule has 0 spiro atoms. The summed E-state index contributed by atoms with van der Waals surface area (Å²) in [6.07, 6.45) is 1.65. The Bertz CT molecular complexity index is 419. The van der Waals surface area contributed by atoms with E-state index in [2.05, 4.69) is 12.2 Å². The van der Waals surface area contributed by atoms with Crippen LogP contribution in [0.2, 0.25) is 0 Å². The first-order valence-electron chi connectivity index (χ1n) is 6.01. The van der Waals surface area contributed by atoms with E-state index in [0.29, 0.717) is 5.92 Å². The van der Waals surface area contributed by atoms with Crippen LogP contribution in [0.3, 0.4) is 0 Å². The lowest BCUT2D eigenvalue weighted by Crippen LogP contribution is -2.63. The first kappa shape index (κ1) is 12.8. The molecule has 6 heteroatoms.